The summed E-state index contributed by atoms with van der Waals surface area (Å²) in [5.41, 5.74) is 2.48. The average Bonchev–Trinajstić information content (AvgIpc) is 3.09. The Balaban J connectivity index is 1.38. The van der Waals surface area contributed by atoms with E-state index in [1.54, 1.807) is 12.3 Å². The zero-order valence-corrected chi connectivity index (χ0v) is 14.4. The summed E-state index contributed by atoms with van der Waals surface area (Å²) in [5, 5.41) is 12.5. The predicted molar refractivity (Wildman–Crippen MR) is 97.6 cm³/mol. The van der Waals surface area contributed by atoms with Gasteiger partial charge in [0.15, 0.2) is 0 Å². The molecule has 0 aliphatic carbocycles. The van der Waals surface area contributed by atoms with Gasteiger partial charge in [0.05, 0.1) is 11.3 Å². The second kappa shape index (κ2) is 8.74. The van der Waals surface area contributed by atoms with Crippen molar-refractivity contribution in [3.05, 3.63) is 65.5 Å². The van der Waals surface area contributed by atoms with E-state index in [-0.39, 0.29) is 0 Å². The molecular weight excluding hydrogens is 314 g/mol. The molecule has 1 aromatic carbocycles. The number of rotatable bonds is 8. The van der Waals surface area contributed by atoms with Crippen LogP contribution in [0.3, 0.4) is 0 Å². The Bertz CT molecular complexity index is 690. The first-order valence-electron chi connectivity index (χ1n) is 8.88. The highest BCUT2D eigenvalue weighted by molar-refractivity contribution is 5.87. The Labute approximate surface area is 148 Å². The third kappa shape index (κ3) is 5.37. The molecule has 2 N–H and O–H groups in total. The zero-order chi connectivity index (χ0) is 17.5. The Kier molecular flexibility index (Phi) is 6.14. The Morgan fingerprint density at radius 3 is 2.92 bits per heavy atom. The van der Waals surface area contributed by atoms with E-state index in [4.69, 9.17) is 5.11 Å². The molecule has 0 radical (unpaired) electrons. The van der Waals surface area contributed by atoms with Crippen LogP contribution in [0.15, 0.2) is 48.7 Å². The molecule has 0 spiro atoms. The predicted octanol–water partition coefficient (Wildman–Crippen LogP) is 2.58. The van der Waals surface area contributed by atoms with Crippen LogP contribution in [-0.4, -0.2) is 46.6 Å². The molecule has 1 unspecified atom stereocenters. The molecule has 2 heterocycles. The van der Waals surface area contributed by atoms with Gasteiger partial charge in [0, 0.05) is 25.3 Å². The molecule has 1 aromatic heterocycles. The third-order valence-electron chi connectivity index (χ3n) is 4.69. The summed E-state index contributed by atoms with van der Waals surface area (Å²) in [6.07, 6.45) is 5.00. The van der Waals surface area contributed by atoms with Crippen LogP contribution in [0.2, 0.25) is 0 Å². The van der Waals surface area contributed by atoms with Crippen molar-refractivity contribution in [1.82, 2.24) is 15.2 Å². The molecule has 5 heteroatoms. The summed E-state index contributed by atoms with van der Waals surface area (Å²) in [6.45, 7) is 3.91. The van der Waals surface area contributed by atoms with Crippen molar-refractivity contribution in [2.45, 2.75) is 31.8 Å². The van der Waals surface area contributed by atoms with Gasteiger partial charge >= 0.3 is 5.97 Å². The van der Waals surface area contributed by atoms with E-state index in [0.717, 1.165) is 38.2 Å². The normalized spacial score (nSPS) is 17.7. The molecule has 0 saturated carbocycles. The number of carboxylic acids is 1. The van der Waals surface area contributed by atoms with Crippen molar-refractivity contribution in [2.24, 2.45) is 0 Å². The Morgan fingerprint density at radius 2 is 2.12 bits per heavy atom. The van der Waals surface area contributed by atoms with Crippen molar-refractivity contribution < 1.29 is 9.90 Å². The fourth-order valence-electron chi connectivity index (χ4n) is 3.31. The number of hydrogen-bond donors (Lipinski definition) is 2. The molecule has 1 saturated heterocycles. The van der Waals surface area contributed by atoms with Gasteiger partial charge in [-0.1, -0.05) is 30.3 Å². The number of aromatic carboxylic acids is 1. The molecule has 1 aliphatic heterocycles. The largest absolute Gasteiger partial charge is 0.478 e. The molecule has 3 rings (SSSR count). The molecule has 132 valence electrons. The smallest absolute Gasteiger partial charge is 0.335 e. The lowest BCUT2D eigenvalue weighted by Gasteiger charge is -2.16. The highest BCUT2D eigenvalue weighted by Crippen LogP contribution is 2.12. The van der Waals surface area contributed by atoms with Crippen LogP contribution in [0.1, 0.15) is 34.5 Å². The average molecular weight is 339 g/mol. The third-order valence-corrected chi connectivity index (χ3v) is 4.69. The lowest BCUT2D eigenvalue weighted by molar-refractivity contribution is 0.0696. The number of pyridine rings is 1. The molecule has 5 nitrogen and oxygen atoms in total. The van der Waals surface area contributed by atoms with Crippen LogP contribution >= 0.6 is 0 Å². The minimum absolute atomic E-state index is 0.292. The monoisotopic (exact) mass is 339 g/mol. The molecule has 25 heavy (non-hydrogen) atoms. The minimum Gasteiger partial charge on any atom is -0.478 e. The van der Waals surface area contributed by atoms with E-state index in [1.165, 1.54) is 18.1 Å². The SMILES string of the molecule is O=C(O)c1ccnc(CNC2CCN(CCCc3ccccc3)C2)c1. The van der Waals surface area contributed by atoms with Crippen molar-refractivity contribution in [3.63, 3.8) is 0 Å². The van der Waals surface area contributed by atoms with Crippen LogP contribution in [-0.2, 0) is 13.0 Å². The van der Waals surface area contributed by atoms with Crippen LogP contribution in [0.5, 0.6) is 0 Å². The maximum atomic E-state index is 11.0. The molecule has 1 fully saturated rings. The fourth-order valence-corrected chi connectivity index (χ4v) is 3.31. The number of nitrogens with one attached hydrogen (secondary N) is 1. The van der Waals surface area contributed by atoms with E-state index in [1.807, 2.05) is 0 Å². The first-order valence-corrected chi connectivity index (χ1v) is 8.88. The van der Waals surface area contributed by atoms with Gasteiger partial charge in [-0.2, -0.15) is 0 Å². The lowest BCUT2D eigenvalue weighted by Crippen LogP contribution is -2.32. The number of aryl methyl sites for hydroxylation is 1. The number of benzene rings is 1. The first kappa shape index (κ1) is 17.6. The quantitative estimate of drug-likeness (QED) is 0.774. The Morgan fingerprint density at radius 1 is 1.28 bits per heavy atom. The number of likely N-dealkylation sites (tertiary alicyclic amines) is 1. The fraction of sp³-hybridized carbons (Fsp3) is 0.400. The van der Waals surface area contributed by atoms with Gasteiger partial charge in [-0.25, -0.2) is 4.79 Å². The summed E-state index contributed by atoms with van der Waals surface area (Å²) in [6, 6.07) is 14.2. The summed E-state index contributed by atoms with van der Waals surface area (Å²) in [5.74, 6) is -0.908. The minimum atomic E-state index is -0.908. The summed E-state index contributed by atoms with van der Waals surface area (Å²) < 4.78 is 0. The molecule has 1 aliphatic rings. The van der Waals surface area contributed by atoms with Crippen molar-refractivity contribution in [2.75, 3.05) is 19.6 Å². The van der Waals surface area contributed by atoms with Gasteiger partial charge in [-0.15, -0.1) is 0 Å². The van der Waals surface area contributed by atoms with E-state index in [2.05, 4.69) is 45.5 Å². The first-order chi connectivity index (χ1) is 12.2. The van der Waals surface area contributed by atoms with E-state index in [0.29, 0.717) is 18.2 Å². The maximum absolute atomic E-state index is 11.0. The number of aromatic nitrogens is 1. The molecule has 1 atom stereocenters. The van der Waals surface area contributed by atoms with Crippen LogP contribution in [0.25, 0.3) is 0 Å². The van der Waals surface area contributed by atoms with E-state index < -0.39 is 5.97 Å². The summed E-state index contributed by atoms with van der Waals surface area (Å²) >= 11 is 0. The van der Waals surface area contributed by atoms with Crippen molar-refractivity contribution >= 4 is 5.97 Å². The summed E-state index contributed by atoms with van der Waals surface area (Å²) in [4.78, 5) is 17.8. The lowest BCUT2D eigenvalue weighted by atomic mass is 10.1. The number of hydrogen-bond acceptors (Lipinski definition) is 4. The van der Waals surface area contributed by atoms with Gasteiger partial charge in [0.1, 0.15) is 0 Å². The van der Waals surface area contributed by atoms with Crippen LogP contribution in [0.4, 0.5) is 0 Å². The van der Waals surface area contributed by atoms with Gasteiger partial charge in [-0.3, -0.25) is 4.98 Å². The second-order valence-corrected chi connectivity index (χ2v) is 6.60. The summed E-state index contributed by atoms with van der Waals surface area (Å²) in [7, 11) is 0. The van der Waals surface area contributed by atoms with Crippen LogP contribution in [0, 0.1) is 0 Å². The van der Waals surface area contributed by atoms with E-state index in [9.17, 15) is 4.79 Å². The number of carbonyl (C=O) groups is 1. The maximum Gasteiger partial charge on any atom is 0.335 e. The number of carboxylic acid groups (broad SMARTS) is 1. The van der Waals surface area contributed by atoms with Gasteiger partial charge < -0.3 is 15.3 Å². The molecule has 0 bridgehead atoms. The second-order valence-electron chi connectivity index (χ2n) is 6.60. The molecular formula is C20H25N3O2. The van der Waals surface area contributed by atoms with Gasteiger partial charge in [0.25, 0.3) is 0 Å². The van der Waals surface area contributed by atoms with Crippen molar-refractivity contribution in [3.8, 4) is 0 Å². The van der Waals surface area contributed by atoms with Crippen molar-refractivity contribution in [1.29, 1.82) is 0 Å². The van der Waals surface area contributed by atoms with Crippen LogP contribution < -0.4 is 5.32 Å². The van der Waals surface area contributed by atoms with Gasteiger partial charge in [-0.05, 0) is 50.0 Å². The molecule has 2 aromatic rings. The highest BCUT2D eigenvalue weighted by Gasteiger charge is 2.21. The van der Waals surface area contributed by atoms with E-state index >= 15 is 0 Å². The highest BCUT2D eigenvalue weighted by atomic mass is 16.4. The van der Waals surface area contributed by atoms with Gasteiger partial charge in [0.2, 0.25) is 0 Å². The topological polar surface area (TPSA) is 65.5 Å². The standard InChI is InChI=1S/C20H25N3O2/c24-20(25)17-8-10-21-19(13-17)14-22-18-9-12-23(15-18)11-4-7-16-5-2-1-3-6-16/h1-3,5-6,8,10,13,18,22H,4,7,9,11-12,14-15H2,(H,24,25). The zero-order valence-electron chi connectivity index (χ0n) is 14.4. The molecule has 0 amide bonds. The Hall–Kier alpha value is -2.24. The number of nitrogens with zero attached hydrogens (tertiary/aromatic N) is 2.